The molecule has 136 valence electrons. The van der Waals surface area contributed by atoms with Gasteiger partial charge in [-0.05, 0) is 57.4 Å². The van der Waals surface area contributed by atoms with Gasteiger partial charge >= 0.3 is 0 Å². The summed E-state index contributed by atoms with van der Waals surface area (Å²) in [4.78, 5) is 21.0. The van der Waals surface area contributed by atoms with Crippen molar-refractivity contribution in [2.75, 3.05) is 5.73 Å². The fourth-order valence-electron chi connectivity index (χ4n) is 3.25. The third-order valence-corrected chi connectivity index (χ3v) is 4.60. The molecule has 0 amide bonds. The molecule has 0 saturated heterocycles. The first kappa shape index (κ1) is 18.1. The van der Waals surface area contributed by atoms with Crippen molar-refractivity contribution in [2.24, 2.45) is 0 Å². The van der Waals surface area contributed by atoms with E-state index >= 15 is 0 Å². The Morgan fingerprint density at radius 3 is 2.27 bits per heavy atom. The average Bonchev–Trinajstić information content (AvgIpc) is 2.55. The molecule has 3 N–H and O–H groups in total. The quantitative estimate of drug-likeness (QED) is 0.858. The molecule has 0 spiro atoms. The molecule has 1 aliphatic heterocycles. The average molecular weight is 353 g/mol. The number of ether oxygens (including phenoxy) is 1. The maximum Gasteiger partial charge on any atom is 0.219 e. The van der Waals surface area contributed by atoms with Gasteiger partial charge < -0.3 is 15.6 Å². The van der Waals surface area contributed by atoms with Crippen molar-refractivity contribution in [3.63, 3.8) is 0 Å². The van der Waals surface area contributed by atoms with Crippen molar-refractivity contribution in [1.82, 2.24) is 9.97 Å². The van der Waals surface area contributed by atoms with Gasteiger partial charge in [-0.25, -0.2) is 9.97 Å². The molecule has 0 aliphatic carbocycles. The number of nitrogens with two attached hydrogens (primary N) is 1. The number of anilines is 1. The summed E-state index contributed by atoms with van der Waals surface area (Å²) in [6.45, 7) is 8.85. The van der Waals surface area contributed by atoms with Crippen LogP contribution in [0.2, 0.25) is 0 Å². The van der Waals surface area contributed by atoms with Crippen LogP contribution in [0.3, 0.4) is 0 Å². The zero-order valence-corrected chi connectivity index (χ0v) is 15.6. The lowest BCUT2D eigenvalue weighted by Gasteiger charge is -2.40. The van der Waals surface area contributed by atoms with Gasteiger partial charge in [0.1, 0.15) is 17.0 Å². The SMILES string of the molecule is Cc1ccc(-c2cnc(N)nc2)cc1C1=C(O)C(C)(C)OC(C)(C)C1=O. The van der Waals surface area contributed by atoms with Crippen LogP contribution in [0.5, 0.6) is 0 Å². The Kier molecular flexibility index (Phi) is 4.11. The number of aromatic nitrogens is 2. The van der Waals surface area contributed by atoms with Crippen molar-refractivity contribution in [3.8, 4) is 11.1 Å². The maximum absolute atomic E-state index is 13.0. The highest BCUT2D eigenvalue weighted by molar-refractivity contribution is 6.26. The zero-order chi connectivity index (χ0) is 19.3. The topological polar surface area (TPSA) is 98.3 Å². The molecule has 0 atom stereocenters. The molecule has 0 bridgehead atoms. The van der Waals surface area contributed by atoms with Crippen molar-refractivity contribution in [1.29, 1.82) is 0 Å². The minimum atomic E-state index is -1.03. The third-order valence-electron chi connectivity index (χ3n) is 4.60. The number of aliphatic hydroxyl groups excluding tert-OH is 1. The van der Waals surface area contributed by atoms with Gasteiger partial charge in [-0.1, -0.05) is 12.1 Å². The van der Waals surface area contributed by atoms with Crippen LogP contribution in [-0.4, -0.2) is 32.1 Å². The normalized spacial score (nSPS) is 18.9. The zero-order valence-electron chi connectivity index (χ0n) is 15.6. The molecule has 1 aliphatic rings. The smallest absolute Gasteiger partial charge is 0.219 e. The van der Waals surface area contributed by atoms with E-state index in [4.69, 9.17) is 10.5 Å². The second-order valence-corrected chi connectivity index (χ2v) is 7.54. The van der Waals surface area contributed by atoms with E-state index in [9.17, 15) is 9.90 Å². The summed E-state index contributed by atoms with van der Waals surface area (Å²) in [5.41, 5.74) is 7.02. The minimum Gasteiger partial charge on any atom is -0.508 e. The number of benzene rings is 1. The Bertz CT molecular complexity index is 912. The van der Waals surface area contributed by atoms with Crippen LogP contribution in [-0.2, 0) is 9.53 Å². The second kappa shape index (κ2) is 5.92. The number of nitrogen functional groups attached to an aromatic ring is 1. The van der Waals surface area contributed by atoms with E-state index < -0.39 is 11.2 Å². The van der Waals surface area contributed by atoms with Crippen LogP contribution in [0.4, 0.5) is 5.95 Å². The van der Waals surface area contributed by atoms with Crippen molar-refractivity contribution in [3.05, 3.63) is 47.5 Å². The van der Waals surface area contributed by atoms with Gasteiger partial charge in [-0.3, -0.25) is 4.79 Å². The molecule has 0 radical (unpaired) electrons. The van der Waals surface area contributed by atoms with Gasteiger partial charge in [0.25, 0.3) is 0 Å². The first-order chi connectivity index (χ1) is 12.0. The highest BCUT2D eigenvalue weighted by Gasteiger charge is 2.47. The van der Waals surface area contributed by atoms with Crippen LogP contribution < -0.4 is 5.73 Å². The summed E-state index contributed by atoms with van der Waals surface area (Å²) in [5, 5.41) is 10.8. The van der Waals surface area contributed by atoms with Gasteiger partial charge in [0.05, 0.1) is 5.57 Å². The van der Waals surface area contributed by atoms with Crippen molar-refractivity contribution >= 4 is 17.3 Å². The van der Waals surface area contributed by atoms with E-state index in [1.54, 1.807) is 40.1 Å². The Morgan fingerprint density at radius 1 is 1.04 bits per heavy atom. The number of nitrogens with zero attached hydrogens (tertiary/aromatic N) is 2. The van der Waals surface area contributed by atoms with E-state index in [0.29, 0.717) is 11.1 Å². The maximum atomic E-state index is 13.0. The molecule has 0 fully saturated rings. The molecule has 2 heterocycles. The predicted molar refractivity (Wildman–Crippen MR) is 100 cm³/mol. The van der Waals surface area contributed by atoms with Crippen molar-refractivity contribution in [2.45, 2.75) is 45.8 Å². The second-order valence-electron chi connectivity index (χ2n) is 7.54. The summed E-state index contributed by atoms with van der Waals surface area (Å²) >= 11 is 0. The Balaban J connectivity index is 2.21. The largest absolute Gasteiger partial charge is 0.508 e. The fraction of sp³-hybridized carbons (Fsp3) is 0.350. The molecule has 6 nitrogen and oxygen atoms in total. The standard InChI is InChI=1S/C20H23N3O3/c1-11-6-7-12(13-9-22-18(21)23-10-13)8-14(11)15-16(24)19(2,3)26-20(4,5)17(15)25/h6-10,24H,1-5H3,(H2,21,22,23). The first-order valence-electron chi connectivity index (χ1n) is 8.40. The number of rotatable bonds is 2. The number of hydrogen-bond donors (Lipinski definition) is 2. The highest BCUT2D eigenvalue weighted by Crippen LogP contribution is 2.41. The van der Waals surface area contributed by atoms with Crippen LogP contribution in [0.15, 0.2) is 36.4 Å². The fourth-order valence-corrected chi connectivity index (χ4v) is 3.25. The van der Waals surface area contributed by atoms with Crippen LogP contribution in [0.1, 0.15) is 38.8 Å². The summed E-state index contributed by atoms with van der Waals surface area (Å²) in [5.74, 6) is -0.108. The first-order valence-corrected chi connectivity index (χ1v) is 8.40. The molecule has 1 aromatic carbocycles. The van der Waals surface area contributed by atoms with Gasteiger partial charge in [0.15, 0.2) is 5.78 Å². The Labute approximate surface area is 152 Å². The Morgan fingerprint density at radius 2 is 1.65 bits per heavy atom. The summed E-state index contributed by atoms with van der Waals surface area (Å²) in [6.07, 6.45) is 3.26. The van der Waals surface area contributed by atoms with Gasteiger partial charge in [0, 0.05) is 18.0 Å². The van der Waals surface area contributed by atoms with E-state index in [-0.39, 0.29) is 17.5 Å². The number of aliphatic hydroxyl groups is 1. The van der Waals surface area contributed by atoms with Crippen molar-refractivity contribution < 1.29 is 14.6 Å². The molecule has 0 unspecified atom stereocenters. The minimum absolute atomic E-state index is 0.0596. The lowest BCUT2D eigenvalue weighted by Crippen LogP contribution is -2.49. The summed E-state index contributed by atoms with van der Waals surface area (Å²) in [6, 6.07) is 5.70. The molecule has 0 saturated carbocycles. The molecular formula is C20H23N3O3. The van der Waals surface area contributed by atoms with Gasteiger partial charge in [-0.2, -0.15) is 0 Å². The van der Waals surface area contributed by atoms with E-state index in [1.807, 2.05) is 25.1 Å². The molecule has 26 heavy (non-hydrogen) atoms. The van der Waals surface area contributed by atoms with Crippen LogP contribution in [0, 0.1) is 6.92 Å². The number of Topliss-reactive ketones (excluding diaryl/α,β-unsaturated/α-hetero) is 1. The number of carbonyl (C=O) groups excluding carboxylic acids is 1. The molecule has 1 aromatic heterocycles. The third kappa shape index (κ3) is 2.97. The number of hydrogen-bond acceptors (Lipinski definition) is 6. The lowest BCUT2D eigenvalue weighted by atomic mass is 9.81. The van der Waals surface area contributed by atoms with E-state index in [2.05, 4.69) is 9.97 Å². The molecular weight excluding hydrogens is 330 g/mol. The Hall–Kier alpha value is -2.73. The highest BCUT2D eigenvalue weighted by atomic mass is 16.5. The molecule has 6 heteroatoms. The van der Waals surface area contributed by atoms with E-state index in [0.717, 1.165) is 16.7 Å². The number of aryl methyl sites for hydroxylation is 1. The summed E-state index contributed by atoms with van der Waals surface area (Å²) in [7, 11) is 0. The van der Waals surface area contributed by atoms with Crippen LogP contribution in [0.25, 0.3) is 16.7 Å². The van der Waals surface area contributed by atoms with Crippen LogP contribution >= 0.6 is 0 Å². The van der Waals surface area contributed by atoms with Gasteiger partial charge in [0.2, 0.25) is 5.95 Å². The molecule has 2 aromatic rings. The predicted octanol–water partition coefficient (Wildman–Crippen LogP) is 3.46. The monoisotopic (exact) mass is 353 g/mol. The number of ketones is 1. The summed E-state index contributed by atoms with van der Waals surface area (Å²) < 4.78 is 5.81. The number of carbonyl (C=O) groups is 1. The van der Waals surface area contributed by atoms with E-state index in [1.165, 1.54) is 0 Å². The molecule has 3 rings (SSSR count). The van der Waals surface area contributed by atoms with Gasteiger partial charge in [-0.15, -0.1) is 0 Å². The lowest BCUT2D eigenvalue weighted by molar-refractivity contribution is -0.158.